The van der Waals surface area contributed by atoms with E-state index in [1.54, 1.807) is 19.9 Å². The van der Waals surface area contributed by atoms with Crippen LogP contribution in [0, 0.1) is 13.8 Å². The summed E-state index contributed by atoms with van der Waals surface area (Å²) >= 11 is 0. The molecule has 0 saturated heterocycles. The number of carboxylic acids is 1. The second kappa shape index (κ2) is 4.94. The van der Waals surface area contributed by atoms with Crippen molar-refractivity contribution in [2.45, 2.75) is 46.8 Å². The van der Waals surface area contributed by atoms with Crippen molar-refractivity contribution >= 4 is 16.9 Å². The van der Waals surface area contributed by atoms with E-state index in [1.807, 2.05) is 13.0 Å². The van der Waals surface area contributed by atoms with E-state index in [0.29, 0.717) is 11.1 Å². The van der Waals surface area contributed by atoms with E-state index in [9.17, 15) is 15.0 Å². The average molecular weight is 275 g/mol. The molecule has 0 aliphatic carbocycles. The molecule has 2 aromatic rings. The Hall–Kier alpha value is -1.81. The number of aromatic nitrogens is 1. The molecule has 20 heavy (non-hydrogen) atoms. The fraction of sp³-hybridized carbons (Fsp3) is 0.438. The van der Waals surface area contributed by atoms with Gasteiger partial charge in [0.1, 0.15) is 0 Å². The van der Waals surface area contributed by atoms with Crippen LogP contribution >= 0.6 is 0 Å². The zero-order chi connectivity index (χ0) is 15.2. The molecule has 2 N–H and O–H groups in total. The van der Waals surface area contributed by atoms with Gasteiger partial charge < -0.3 is 14.8 Å². The Bertz CT molecular complexity index is 681. The van der Waals surface area contributed by atoms with Gasteiger partial charge in [0.05, 0.1) is 11.7 Å². The van der Waals surface area contributed by atoms with E-state index in [2.05, 4.69) is 18.4 Å². The first kappa shape index (κ1) is 14.6. The third-order valence-electron chi connectivity index (χ3n) is 3.81. The summed E-state index contributed by atoms with van der Waals surface area (Å²) in [5, 5.41) is 20.3. The van der Waals surface area contributed by atoms with Crippen LogP contribution in [-0.2, 0) is 0 Å². The van der Waals surface area contributed by atoms with Crippen molar-refractivity contribution in [3.05, 3.63) is 34.5 Å². The number of carbonyl (C=O) groups is 1. The van der Waals surface area contributed by atoms with Crippen LogP contribution in [-0.4, -0.2) is 20.7 Å². The van der Waals surface area contributed by atoms with Crippen molar-refractivity contribution in [2.24, 2.45) is 0 Å². The van der Waals surface area contributed by atoms with Gasteiger partial charge in [-0.25, -0.2) is 4.79 Å². The summed E-state index contributed by atoms with van der Waals surface area (Å²) in [5.41, 5.74) is 3.78. The van der Waals surface area contributed by atoms with Crippen LogP contribution in [0.3, 0.4) is 0 Å². The van der Waals surface area contributed by atoms with E-state index in [1.165, 1.54) is 0 Å². The first-order chi connectivity index (χ1) is 9.25. The van der Waals surface area contributed by atoms with Crippen LogP contribution < -0.4 is 0 Å². The zero-order valence-electron chi connectivity index (χ0n) is 12.6. The van der Waals surface area contributed by atoms with Gasteiger partial charge in [-0.1, -0.05) is 0 Å². The molecule has 0 radical (unpaired) electrons. The molecule has 0 aliphatic heterocycles. The van der Waals surface area contributed by atoms with Gasteiger partial charge in [0.2, 0.25) is 0 Å². The largest absolute Gasteiger partial charge is 0.478 e. The predicted octanol–water partition coefficient (Wildman–Crippen LogP) is 3.59. The Kier molecular flexibility index (Phi) is 3.61. The second-order valence-corrected chi connectivity index (χ2v) is 5.63. The first-order valence-electron chi connectivity index (χ1n) is 6.82. The molecule has 1 aromatic carbocycles. The topological polar surface area (TPSA) is 62.5 Å². The standard InChI is InChI=1S/C16H21NO3/c1-8(2)17-10(4)15(11(5)18)13-6-9(3)12(16(19)20)7-14(13)17/h6-8,11,18H,1-5H3,(H,19,20). The molecule has 1 heterocycles. The Morgan fingerprint density at radius 1 is 1.20 bits per heavy atom. The number of hydrogen-bond donors (Lipinski definition) is 2. The van der Waals surface area contributed by atoms with Crippen molar-refractivity contribution in [3.8, 4) is 0 Å². The number of aryl methyl sites for hydroxylation is 1. The molecule has 108 valence electrons. The summed E-state index contributed by atoms with van der Waals surface area (Å²) in [4.78, 5) is 11.3. The third kappa shape index (κ3) is 2.10. The summed E-state index contributed by atoms with van der Waals surface area (Å²) in [7, 11) is 0. The average Bonchev–Trinajstić information content (AvgIpc) is 2.58. The molecule has 2 rings (SSSR count). The Morgan fingerprint density at radius 2 is 1.80 bits per heavy atom. The molecule has 1 aromatic heterocycles. The highest BCUT2D eigenvalue weighted by atomic mass is 16.4. The van der Waals surface area contributed by atoms with Crippen molar-refractivity contribution in [1.82, 2.24) is 4.57 Å². The summed E-state index contributed by atoms with van der Waals surface area (Å²) < 4.78 is 2.09. The molecular formula is C16H21NO3. The number of carboxylic acid groups (broad SMARTS) is 1. The molecular weight excluding hydrogens is 254 g/mol. The number of rotatable bonds is 3. The smallest absolute Gasteiger partial charge is 0.336 e. The van der Waals surface area contributed by atoms with Crippen LogP contribution in [0.5, 0.6) is 0 Å². The molecule has 1 atom stereocenters. The lowest BCUT2D eigenvalue weighted by Gasteiger charge is -2.13. The van der Waals surface area contributed by atoms with Crippen molar-refractivity contribution in [3.63, 3.8) is 0 Å². The highest BCUT2D eigenvalue weighted by Crippen LogP contribution is 2.34. The molecule has 4 heteroatoms. The SMILES string of the molecule is Cc1cc2c(C(C)O)c(C)n(C(C)C)c2cc1C(=O)O. The maximum absolute atomic E-state index is 11.3. The van der Waals surface area contributed by atoms with Crippen molar-refractivity contribution < 1.29 is 15.0 Å². The number of nitrogens with zero attached hydrogens (tertiary/aromatic N) is 1. The monoisotopic (exact) mass is 275 g/mol. The minimum atomic E-state index is -0.919. The van der Waals surface area contributed by atoms with Gasteiger partial charge in [-0.05, 0) is 52.3 Å². The van der Waals surface area contributed by atoms with Crippen LogP contribution in [0.15, 0.2) is 12.1 Å². The van der Waals surface area contributed by atoms with Crippen LogP contribution in [0.4, 0.5) is 0 Å². The number of hydrogen-bond acceptors (Lipinski definition) is 2. The maximum atomic E-state index is 11.3. The molecule has 1 unspecified atom stereocenters. The van der Waals surface area contributed by atoms with Crippen molar-refractivity contribution in [1.29, 1.82) is 0 Å². The summed E-state index contributed by atoms with van der Waals surface area (Å²) in [5.74, 6) is -0.919. The van der Waals surface area contributed by atoms with Gasteiger partial charge in [0, 0.05) is 28.2 Å². The van der Waals surface area contributed by atoms with E-state index in [-0.39, 0.29) is 6.04 Å². The molecule has 0 saturated carbocycles. The predicted molar refractivity (Wildman–Crippen MR) is 79.4 cm³/mol. The van der Waals surface area contributed by atoms with E-state index < -0.39 is 12.1 Å². The maximum Gasteiger partial charge on any atom is 0.336 e. The minimum absolute atomic E-state index is 0.203. The fourth-order valence-electron chi connectivity index (χ4n) is 3.04. The van der Waals surface area contributed by atoms with Gasteiger partial charge in [-0.15, -0.1) is 0 Å². The third-order valence-corrected chi connectivity index (χ3v) is 3.81. The quantitative estimate of drug-likeness (QED) is 0.899. The van der Waals surface area contributed by atoms with Crippen LogP contribution in [0.2, 0.25) is 0 Å². The molecule has 0 aliphatic rings. The first-order valence-corrected chi connectivity index (χ1v) is 6.82. The van der Waals surface area contributed by atoms with Crippen LogP contribution in [0.25, 0.3) is 10.9 Å². The molecule has 0 amide bonds. The van der Waals surface area contributed by atoms with Gasteiger partial charge in [0.25, 0.3) is 0 Å². The molecule has 0 fully saturated rings. The van der Waals surface area contributed by atoms with Crippen molar-refractivity contribution in [2.75, 3.05) is 0 Å². The molecule has 0 bridgehead atoms. The van der Waals surface area contributed by atoms with E-state index in [4.69, 9.17) is 0 Å². The number of aromatic carboxylic acids is 1. The lowest BCUT2D eigenvalue weighted by molar-refractivity contribution is 0.0696. The van der Waals surface area contributed by atoms with Gasteiger partial charge in [-0.3, -0.25) is 0 Å². The van der Waals surface area contributed by atoms with Gasteiger partial charge in [-0.2, -0.15) is 0 Å². The lowest BCUT2D eigenvalue weighted by Crippen LogP contribution is -2.05. The fourth-order valence-corrected chi connectivity index (χ4v) is 3.04. The number of aliphatic hydroxyl groups is 1. The van der Waals surface area contributed by atoms with Crippen LogP contribution in [0.1, 0.15) is 60.1 Å². The minimum Gasteiger partial charge on any atom is -0.478 e. The second-order valence-electron chi connectivity index (χ2n) is 5.63. The highest BCUT2D eigenvalue weighted by Gasteiger charge is 2.21. The van der Waals surface area contributed by atoms with Gasteiger partial charge in [0.15, 0.2) is 0 Å². The molecule has 0 spiro atoms. The summed E-state index contributed by atoms with van der Waals surface area (Å²) in [6.07, 6.45) is -0.576. The Morgan fingerprint density at radius 3 is 2.25 bits per heavy atom. The summed E-state index contributed by atoms with van der Waals surface area (Å²) in [6.45, 7) is 9.61. The van der Waals surface area contributed by atoms with E-state index >= 15 is 0 Å². The Labute approximate surface area is 118 Å². The number of aliphatic hydroxyl groups excluding tert-OH is 1. The number of fused-ring (bicyclic) bond motifs is 1. The zero-order valence-corrected chi connectivity index (χ0v) is 12.6. The highest BCUT2D eigenvalue weighted by molar-refractivity contribution is 5.97. The molecule has 4 nitrogen and oxygen atoms in total. The van der Waals surface area contributed by atoms with E-state index in [0.717, 1.165) is 22.2 Å². The normalized spacial score (nSPS) is 13.2. The lowest BCUT2D eigenvalue weighted by atomic mass is 10.0. The number of benzene rings is 1. The Balaban J connectivity index is 2.94. The van der Waals surface area contributed by atoms with Gasteiger partial charge >= 0.3 is 5.97 Å². The summed E-state index contributed by atoms with van der Waals surface area (Å²) in [6, 6.07) is 3.79.